The molecule has 1 atom stereocenters. The van der Waals surface area contributed by atoms with Crippen molar-refractivity contribution in [3.8, 4) is 0 Å². The summed E-state index contributed by atoms with van der Waals surface area (Å²) >= 11 is 1.17. The van der Waals surface area contributed by atoms with Gasteiger partial charge in [0.2, 0.25) is 5.91 Å². The maximum atomic E-state index is 12.5. The number of nitrogens with zero attached hydrogens (tertiary/aromatic N) is 1. The molecule has 0 unspecified atom stereocenters. The van der Waals surface area contributed by atoms with Gasteiger partial charge in [0.1, 0.15) is 0 Å². The minimum Gasteiger partial charge on any atom is -0.352 e. The van der Waals surface area contributed by atoms with Crippen molar-refractivity contribution >= 4 is 17.7 Å². The third-order valence-electron chi connectivity index (χ3n) is 3.68. The van der Waals surface area contributed by atoms with Crippen LogP contribution in [0.4, 0.5) is 13.2 Å². The van der Waals surface area contributed by atoms with Crippen molar-refractivity contribution in [2.45, 2.75) is 61.5 Å². The van der Waals surface area contributed by atoms with E-state index in [-0.39, 0.29) is 17.2 Å². The Hall–Kier alpha value is -1.24. The summed E-state index contributed by atoms with van der Waals surface area (Å²) in [5.41, 5.74) is -0.781. The Kier molecular flexibility index (Phi) is 5.72. The van der Waals surface area contributed by atoms with Crippen molar-refractivity contribution in [3.05, 3.63) is 23.9 Å². The number of hydrogen-bond donors (Lipinski definition) is 1. The van der Waals surface area contributed by atoms with E-state index in [1.807, 2.05) is 0 Å². The number of amides is 1. The lowest BCUT2D eigenvalue weighted by molar-refractivity contribution is -0.137. The minimum absolute atomic E-state index is 0.0846. The van der Waals surface area contributed by atoms with E-state index in [2.05, 4.69) is 10.3 Å². The van der Waals surface area contributed by atoms with Crippen molar-refractivity contribution in [1.29, 1.82) is 0 Å². The van der Waals surface area contributed by atoms with Crippen LogP contribution < -0.4 is 5.32 Å². The first-order chi connectivity index (χ1) is 10.4. The molecular formula is C15H19F3N2OS. The molecule has 0 aromatic carbocycles. The van der Waals surface area contributed by atoms with Gasteiger partial charge < -0.3 is 5.32 Å². The fourth-order valence-electron chi connectivity index (χ4n) is 2.42. The highest BCUT2D eigenvalue weighted by atomic mass is 32.2. The van der Waals surface area contributed by atoms with Crippen molar-refractivity contribution in [1.82, 2.24) is 10.3 Å². The molecule has 3 nitrogen and oxygen atoms in total. The molecule has 0 aliphatic heterocycles. The predicted octanol–water partition coefficient (Wildman–Crippen LogP) is 4.03. The smallest absolute Gasteiger partial charge is 0.352 e. The van der Waals surface area contributed by atoms with Gasteiger partial charge >= 0.3 is 6.18 Å². The van der Waals surface area contributed by atoms with E-state index in [0.717, 1.165) is 37.9 Å². The number of aromatic nitrogens is 1. The maximum Gasteiger partial charge on any atom is 0.417 e. The molecule has 122 valence electrons. The first-order valence-electron chi connectivity index (χ1n) is 7.36. The number of carbonyl (C=O) groups is 1. The highest BCUT2D eigenvalue weighted by Crippen LogP contribution is 2.30. The summed E-state index contributed by atoms with van der Waals surface area (Å²) in [4.78, 5) is 15.9. The lowest BCUT2D eigenvalue weighted by Gasteiger charge is -2.24. The number of alkyl halides is 3. The van der Waals surface area contributed by atoms with Crippen LogP contribution in [0.25, 0.3) is 0 Å². The van der Waals surface area contributed by atoms with Crippen LogP contribution in [0, 0.1) is 0 Å². The Morgan fingerprint density at radius 2 is 2.00 bits per heavy atom. The second-order valence-corrected chi connectivity index (χ2v) is 6.85. The predicted molar refractivity (Wildman–Crippen MR) is 79.6 cm³/mol. The number of hydrogen-bond acceptors (Lipinski definition) is 3. The number of nitrogens with one attached hydrogen (secondary N) is 1. The van der Waals surface area contributed by atoms with Gasteiger partial charge in [-0.25, -0.2) is 4.98 Å². The van der Waals surface area contributed by atoms with E-state index < -0.39 is 11.7 Å². The Labute approximate surface area is 132 Å². The van der Waals surface area contributed by atoms with Crippen LogP contribution in [0.15, 0.2) is 23.4 Å². The average molecular weight is 332 g/mol. The fraction of sp³-hybridized carbons (Fsp3) is 0.600. The number of pyridine rings is 1. The molecule has 2 rings (SSSR count). The number of halogens is 3. The molecule has 22 heavy (non-hydrogen) atoms. The quantitative estimate of drug-likeness (QED) is 0.847. The van der Waals surface area contributed by atoms with Crippen LogP contribution in [0.2, 0.25) is 0 Å². The van der Waals surface area contributed by atoms with Crippen LogP contribution in [0.3, 0.4) is 0 Å². The summed E-state index contributed by atoms with van der Waals surface area (Å²) in [6.45, 7) is 1.74. The summed E-state index contributed by atoms with van der Waals surface area (Å²) in [7, 11) is 0. The van der Waals surface area contributed by atoms with Crippen LogP contribution in [0.1, 0.15) is 44.6 Å². The van der Waals surface area contributed by atoms with Gasteiger partial charge in [0.25, 0.3) is 0 Å². The van der Waals surface area contributed by atoms with Gasteiger partial charge in [-0.05, 0) is 31.9 Å². The van der Waals surface area contributed by atoms with Gasteiger partial charge in [-0.15, -0.1) is 0 Å². The Balaban J connectivity index is 1.87. The molecule has 7 heteroatoms. The molecule has 0 radical (unpaired) electrons. The lowest BCUT2D eigenvalue weighted by atomic mass is 9.95. The van der Waals surface area contributed by atoms with Crippen LogP contribution >= 0.6 is 11.8 Å². The maximum absolute atomic E-state index is 12.5. The normalized spacial score (nSPS) is 18.0. The van der Waals surface area contributed by atoms with Crippen molar-refractivity contribution in [3.63, 3.8) is 0 Å². The average Bonchev–Trinajstić information content (AvgIpc) is 2.48. The van der Waals surface area contributed by atoms with Crippen molar-refractivity contribution < 1.29 is 18.0 Å². The molecular weight excluding hydrogens is 313 g/mol. The van der Waals surface area contributed by atoms with Crippen LogP contribution in [0.5, 0.6) is 0 Å². The minimum atomic E-state index is -4.39. The zero-order chi connectivity index (χ0) is 16.2. The van der Waals surface area contributed by atoms with Gasteiger partial charge in [0.15, 0.2) is 0 Å². The van der Waals surface area contributed by atoms with E-state index in [0.29, 0.717) is 5.03 Å². The summed E-state index contributed by atoms with van der Waals surface area (Å²) in [5.74, 6) is -0.0846. The largest absolute Gasteiger partial charge is 0.417 e. The van der Waals surface area contributed by atoms with Crippen molar-refractivity contribution in [2.75, 3.05) is 0 Å². The Bertz CT molecular complexity index is 499. The molecule has 1 fully saturated rings. The van der Waals surface area contributed by atoms with Crippen LogP contribution in [-0.4, -0.2) is 22.2 Å². The van der Waals surface area contributed by atoms with Gasteiger partial charge in [0, 0.05) is 12.2 Å². The van der Waals surface area contributed by atoms with Crippen molar-refractivity contribution in [2.24, 2.45) is 0 Å². The highest BCUT2D eigenvalue weighted by Gasteiger charge is 2.30. The number of thioether (sulfide) groups is 1. The zero-order valence-corrected chi connectivity index (χ0v) is 13.1. The van der Waals surface area contributed by atoms with E-state index in [1.165, 1.54) is 24.2 Å². The first-order valence-corrected chi connectivity index (χ1v) is 8.24. The molecule has 1 aliphatic rings. The summed E-state index contributed by atoms with van der Waals surface area (Å²) in [6, 6.07) is 2.52. The monoisotopic (exact) mass is 332 g/mol. The van der Waals surface area contributed by atoms with Crippen LogP contribution in [-0.2, 0) is 11.0 Å². The zero-order valence-electron chi connectivity index (χ0n) is 12.3. The standard InChI is InChI=1S/C15H19F3N2OS/c1-10(14(21)20-12-5-3-2-4-6-12)22-13-8-7-11(9-19-13)15(16,17)18/h7-10,12H,2-6H2,1H3,(H,20,21)/t10-/m1/s1. The Morgan fingerprint density at radius 3 is 2.55 bits per heavy atom. The number of carbonyl (C=O) groups excluding carboxylic acids is 1. The second-order valence-electron chi connectivity index (χ2n) is 5.49. The molecule has 0 bridgehead atoms. The molecule has 0 saturated heterocycles. The molecule has 1 saturated carbocycles. The summed E-state index contributed by atoms with van der Waals surface area (Å²) in [5, 5.41) is 3.04. The molecule has 1 aromatic rings. The lowest BCUT2D eigenvalue weighted by Crippen LogP contribution is -2.40. The van der Waals surface area contributed by atoms with Gasteiger partial charge in [-0.2, -0.15) is 13.2 Å². The van der Waals surface area contributed by atoms with E-state index in [9.17, 15) is 18.0 Å². The highest BCUT2D eigenvalue weighted by molar-refractivity contribution is 8.00. The molecule has 1 aromatic heterocycles. The van der Waals surface area contributed by atoms with Gasteiger partial charge in [0.05, 0.1) is 15.8 Å². The molecule has 1 aliphatic carbocycles. The van der Waals surface area contributed by atoms with E-state index >= 15 is 0 Å². The molecule has 1 heterocycles. The molecule has 1 amide bonds. The van der Waals surface area contributed by atoms with Gasteiger partial charge in [-0.1, -0.05) is 31.0 Å². The summed E-state index contributed by atoms with van der Waals surface area (Å²) < 4.78 is 37.4. The molecule has 1 N–H and O–H groups in total. The topological polar surface area (TPSA) is 42.0 Å². The van der Waals surface area contributed by atoms with E-state index in [1.54, 1.807) is 6.92 Å². The molecule has 0 spiro atoms. The first kappa shape index (κ1) is 17.1. The summed E-state index contributed by atoms with van der Waals surface area (Å²) in [6.07, 6.45) is 1.89. The van der Waals surface area contributed by atoms with Gasteiger partial charge in [-0.3, -0.25) is 4.79 Å². The Morgan fingerprint density at radius 1 is 1.32 bits per heavy atom. The second kappa shape index (κ2) is 7.35. The SMILES string of the molecule is C[C@@H](Sc1ccc(C(F)(F)F)cn1)C(=O)NC1CCCCC1. The van der Waals surface area contributed by atoms with E-state index in [4.69, 9.17) is 0 Å². The third-order valence-corrected chi connectivity index (χ3v) is 4.73. The fourth-order valence-corrected chi connectivity index (χ4v) is 3.22. The third kappa shape index (κ3) is 4.90. The number of rotatable bonds is 4.